The zero-order valence-electron chi connectivity index (χ0n) is 16.8. The zero-order chi connectivity index (χ0) is 21.3. The molecule has 0 aliphatic carbocycles. The maximum absolute atomic E-state index is 12.9. The minimum atomic E-state index is -0.235. The number of aromatic nitrogens is 1. The number of benzene rings is 2. The van der Waals surface area contributed by atoms with E-state index in [2.05, 4.69) is 45.6 Å². The van der Waals surface area contributed by atoms with Crippen molar-refractivity contribution in [3.05, 3.63) is 98.1 Å². The lowest BCUT2D eigenvalue weighted by Crippen LogP contribution is -2.27. The monoisotopic (exact) mass is 480 g/mol. The Kier molecular flexibility index (Phi) is 5.97. The number of thioether (sulfide) groups is 1. The summed E-state index contributed by atoms with van der Waals surface area (Å²) in [6, 6.07) is 20.0. The number of nitrogens with zero attached hydrogens (tertiary/aromatic N) is 2. The summed E-state index contributed by atoms with van der Waals surface area (Å²) < 4.78 is 3.19. The highest BCUT2D eigenvalue weighted by atomic mass is 79.9. The molecule has 0 radical (unpaired) electrons. The Hall–Kier alpha value is -2.57. The molecule has 0 N–H and O–H groups in total. The number of halogens is 1. The van der Waals surface area contributed by atoms with Gasteiger partial charge in [-0.3, -0.25) is 14.5 Å². The number of hydrogen-bond acceptors (Lipinski definition) is 3. The van der Waals surface area contributed by atoms with Crippen molar-refractivity contribution in [2.45, 2.75) is 26.9 Å². The third-order valence-electron chi connectivity index (χ3n) is 5.21. The van der Waals surface area contributed by atoms with Gasteiger partial charge in [0.05, 0.1) is 11.4 Å². The SMILES string of the molecule is Cc1cc(/C=C2\SC(=O)N(Cc3ccc(Br)cc3)C2=O)c(C)n1Cc1ccccc1. The number of carbonyl (C=O) groups is 2. The molecule has 1 aromatic heterocycles. The standard InChI is InChI=1S/C24H21BrN2O2S/c1-16-12-20(17(2)26(16)14-18-6-4-3-5-7-18)13-22-23(28)27(24(29)30-22)15-19-8-10-21(25)11-9-19/h3-13H,14-15H2,1-2H3/b22-13-. The Balaban J connectivity index is 1.56. The van der Waals surface area contributed by atoms with E-state index in [1.54, 1.807) is 0 Å². The van der Waals surface area contributed by atoms with Gasteiger partial charge in [0.15, 0.2) is 0 Å². The molecule has 152 valence electrons. The van der Waals surface area contributed by atoms with Gasteiger partial charge in [0.25, 0.3) is 11.1 Å². The smallest absolute Gasteiger partial charge is 0.293 e. The minimum Gasteiger partial charge on any atom is -0.344 e. The van der Waals surface area contributed by atoms with E-state index in [1.165, 1.54) is 10.5 Å². The van der Waals surface area contributed by atoms with Crippen LogP contribution in [0.2, 0.25) is 0 Å². The van der Waals surface area contributed by atoms with Crippen LogP contribution < -0.4 is 0 Å². The fraction of sp³-hybridized carbons (Fsp3) is 0.167. The zero-order valence-corrected chi connectivity index (χ0v) is 19.2. The van der Waals surface area contributed by atoms with E-state index in [-0.39, 0.29) is 17.7 Å². The molecule has 3 aromatic rings. The fourth-order valence-corrected chi connectivity index (χ4v) is 4.63. The van der Waals surface area contributed by atoms with Crippen molar-refractivity contribution >= 4 is 44.9 Å². The maximum atomic E-state index is 12.9. The van der Waals surface area contributed by atoms with Crippen LogP contribution in [0.5, 0.6) is 0 Å². The highest BCUT2D eigenvalue weighted by Gasteiger charge is 2.35. The van der Waals surface area contributed by atoms with Crippen molar-refractivity contribution in [2.24, 2.45) is 0 Å². The van der Waals surface area contributed by atoms with E-state index in [4.69, 9.17) is 0 Å². The van der Waals surface area contributed by atoms with Crippen LogP contribution in [0.15, 0.2) is 70.0 Å². The van der Waals surface area contributed by atoms with Crippen molar-refractivity contribution < 1.29 is 9.59 Å². The number of carbonyl (C=O) groups excluding carboxylic acids is 2. The Morgan fingerprint density at radius 2 is 1.60 bits per heavy atom. The third kappa shape index (κ3) is 4.30. The molecule has 0 saturated carbocycles. The van der Waals surface area contributed by atoms with Crippen LogP contribution in [0.1, 0.15) is 28.1 Å². The average molecular weight is 481 g/mol. The normalized spacial score (nSPS) is 15.4. The fourth-order valence-electron chi connectivity index (χ4n) is 3.53. The van der Waals surface area contributed by atoms with Crippen LogP contribution in [-0.2, 0) is 17.9 Å². The van der Waals surface area contributed by atoms with E-state index in [0.29, 0.717) is 4.91 Å². The molecule has 2 heterocycles. The van der Waals surface area contributed by atoms with Gasteiger partial charge in [-0.25, -0.2) is 0 Å². The molecule has 2 aromatic carbocycles. The van der Waals surface area contributed by atoms with Crippen molar-refractivity contribution in [3.8, 4) is 0 Å². The number of imide groups is 1. The van der Waals surface area contributed by atoms with Gasteiger partial charge in [-0.05, 0) is 66.6 Å². The molecular formula is C24H21BrN2O2S. The first-order chi connectivity index (χ1) is 14.4. The lowest BCUT2D eigenvalue weighted by molar-refractivity contribution is -0.123. The van der Waals surface area contributed by atoms with Crippen LogP contribution in [0.4, 0.5) is 4.79 Å². The third-order valence-corrected chi connectivity index (χ3v) is 6.65. The molecule has 0 spiro atoms. The van der Waals surface area contributed by atoms with E-state index in [0.717, 1.165) is 45.3 Å². The highest BCUT2D eigenvalue weighted by Crippen LogP contribution is 2.34. The van der Waals surface area contributed by atoms with Gasteiger partial charge in [-0.2, -0.15) is 0 Å². The van der Waals surface area contributed by atoms with Crippen molar-refractivity contribution in [3.63, 3.8) is 0 Å². The van der Waals surface area contributed by atoms with Crippen LogP contribution in [-0.4, -0.2) is 20.6 Å². The van der Waals surface area contributed by atoms with Gasteiger partial charge in [0, 0.05) is 22.4 Å². The molecule has 30 heavy (non-hydrogen) atoms. The molecule has 4 rings (SSSR count). The predicted octanol–water partition coefficient (Wildman–Crippen LogP) is 6.15. The summed E-state index contributed by atoms with van der Waals surface area (Å²) in [7, 11) is 0. The summed E-state index contributed by atoms with van der Waals surface area (Å²) in [5, 5.41) is -0.229. The van der Waals surface area contributed by atoms with Crippen molar-refractivity contribution in [2.75, 3.05) is 0 Å². The Labute approximate surface area is 188 Å². The van der Waals surface area contributed by atoms with Gasteiger partial charge < -0.3 is 4.57 Å². The summed E-state index contributed by atoms with van der Waals surface area (Å²) in [5.74, 6) is -0.235. The van der Waals surface area contributed by atoms with Crippen molar-refractivity contribution in [1.29, 1.82) is 0 Å². The quantitative estimate of drug-likeness (QED) is 0.411. The van der Waals surface area contributed by atoms with Gasteiger partial charge >= 0.3 is 0 Å². The highest BCUT2D eigenvalue weighted by molar-refractivity contribution is 9.10. The van der Waals surface area contributed by atoms with Crippen molar-refractivity contribution in [1.82, 2.24) is 9.47 Å². The van der Waals surface area contributed by atoms with Gasteiger partial charge in [-0.15, -0.1) is 0 Å². The molecule has 4 nitrogen and oxygen atoms in total. The number of hydrogen-bond donors (Lipinski definition) is 0. The first-order valence-corrected chi connectivity index (χ1v) is 11.2. The number of rotatable bonds is 5. The molecule has 0 bridgehead atoms. The Morgan fingerprint density at radius 1 is 0.933 bits per heavy atom. The van der Waals surface area contributed by atoms with Gasteiger partial charge in [0.1, 0.15) is 0 Å². The second-order valence-electron chi connectivity index (χ2n) is 7.29. The maximum Gasteiger partial charge on any atom is 0.293 e. The second-order valence-corrected chi connectivity index (χ2v) is 9.20. The first kappa shape index (κ1) is 20.7. The lowest BCUT2D eigenvalue weighted by atomic mass is 10.2. The molecule has 6 heteroatoms. The van der Waals surface area contributed by atoms with Gasteiger partial charge in [-0.1, -0.05) is 58.4 Å². The number of aryl methyl sites for hydroxylation is 1. The summed E-state index contributed by atoms with van der Waals surface area (Å²) in [6.45, 7) is 5.17. The van der Waals surface area contributed by atoms with E-state index in [9.17, 15) is 9.59 Å². The summed E-state index contributed by atoms with van der Waals surface area (Å²) in [5.41, 5.74) is 5.31. The minimum absolute atomic E-state index is 0.229. The topological polar surface area (TPSA) is 42.3 Å². The van der Waals surface area contributed by atoms with E-state index < -0.39 is 0 Å². The summed E-state index contributed by atoms with van der Waals surface area (Å²) in [4.78, 5) is 27.1. The summed E-state index contributed by atoms with van der Waals surface area (Å²) in [6.07, 6.45) is 1.84. The molecular weight excluding hydrogens is 460 g/mol. The van der Waals surface area contributed by atoms with E-state index in [1.807, 2.05) is 55.5 Å². The Bertz CT molecular complexity index is 1130. The lowest BCUT2D eigenvalue weighted by Gasteiger charge is -2.12. The molecule has 1 aliphatic rings. The second kappa shape index (κ2) is 8.66. The average Bonchev–Trinajstić information content (AvgIpc) is 3.15. The predicted molar refractivity (Wildman–Crippen MR) is 125 cm³/mol. The molecule has 0 atom stereocenters. The van der Waals surface area contributed by atoms with Crippen LogP contribution >= 0.6 is 27.7 Å². The number of amides is 2. The molecule has 0 unspecified atom stereocenters. The van der Waals surface area contributed by atoms with Gasteiger partial charge in [0.2, 0.25) is 0 Å². The largest absolute Gasteiger partial charge is 0.344 e. The van der Waals surface area contributed by atoms with Crippen LogP contribution in [0.25, 0.3) is 6.08 Å². The molecule has 1 fully saturated rings. The van der Waals surface area contributed by atoms with Crippen LogP contribution in [0, 0.1) is 13.8 Å². The molecule has 1 saturated heterocycles. The molecule has 1 aliphatic heterocycles. The Morgan fingerprint density at radius 3 is 2.30 bits per heavy atom. The van der Waals surface area contributed by atoms with E-state index >= 15 is 0 Å². The molecule has 2 amide bonds. The first-order valence-electron chi connectivity index (χ1n) is 9.63. The van der Waals surface area contributed by atoms with Crippen LogP contribution in [0.3, 0.4) is 0 Å². The summed E-state index contributed by atoms with van der Waals surface area (Å²) >= 11 is 4.41.